The zero-order valence-corrected chi connectivity index (χ0v) is 17.7. The molecule has 0 saturated heterocycles. The molecule has 0 heterocycles. The number of unbranched alkanes of at least 4 members (excludes halogenated alkanes) is 4. The van der Waals surface area contributed by atoms with Gasteiger partial charge in [0.05, 0.1) is 0 Å². The second kappa shape index (κ2) is 14.5. The van der Waals surface area contributed by atoms with Crippen LogP contribution in [0.15, 0.2) is 0 Å². The van der Waals surface area contributed by atoms with Crippen LogP contribution in [0.5, 0.6) is 0 Å². The summed E-state index contributed by atoms with van der Waals surface area (Å²) in [4.78, 5) is 13.9. The van der Waals surface area contributed by atoms with Crippen molar-refractivity contribution in [2.45, 2.75) is 64.5 Å². The normalized spacial score (nSPS) is 14.2. The van der Waals surface area contributed by atoms with E-state index in [9.17, 15) is 4.79 Å². The number of rotatable bonds is 15. The molecule has 0 rings (SSSR count). The molecule has 0 aliphatic carbocycles. The van der Waals surface area contributed by atoms with E-state index >= 15 is 0 Å². The number of nitrogens with zero attached hydrogens (tertiary/aromatic N) is 1. The Morgan fingerprint density at radius 1 is 1.13 bits per heavy atom. The summed E-state index contributed by atoms with van der Waals surface area (Å²) in [6.07, 6.45) is 7.75. The summed E-state index contributed by atoms with van der Waals surface area (Å²) < 4.78 is 11.6. The van der Waals surface area contributed by atoms with E-state index in [0.717, 1.165) is 37.6 Å². The number of thioether (sulfide) groups is 1. The molecule has 0 saturated carbocycles. The fourth-order valence-corrected chi connectivity index (χ4v) is 5.07. The van der Waals surface area contributed by atoms with Crippen LogP contribution in [0.1, 0.15) is 51.9 Å². The topological polar surface area (TPSA) is 38.8 Å². The molecule has 4 nitrogen and oxygen atoms in total. The van der Waals surface area contributed by atoms with Gasteiger partial charge in [-0.1, -0.05) is 44.4 Å². The number of carbonyl (C=O) groups is 1. The lowest BCUT2D eigenvalue weighted by Crippen LogP contribution is -2.39. The Morgan fingerprint density at radius 3 is 2.43 bits per heavy atom. The zero-order chi connectivity index (χ0) is 17.6. The van der Waals surface area contributed by atoms with Gasteiger partial charge in [0, 0.05) is 32.4 Å². The molecule has 0 fully saturated rings. The van der Waals surface area contributed by atoms with Crippen LogP contribution in [0.3, 0.4) is 0 Å². The Bertz CT molecular complexity index is 306. The van der Waals surface area contributed by atoms with E-state index in [2.05, 4.69) is 18.4 Å². The molecule has 0 spiro atoms. The minimum atomic E-state index is -2.05. The number of carbonyl (C=O) groups excluding carboxylic acids is 1. The predicted octanol–water partition coefficient (Wildman–Crippen LogP) is 4.29. The third-order valence-corrected chi connectivity index (χ3v) is 7.86. The standard InChI is InChI=1S/C17H37NO3SSi/c1-6-7-8-9-10-12-17(19)22-15-11-16-23(5,20-4)21-14-13-18(2)3/h6-16H2,1-5H3. The summed E-state index contributed by atoms with van der Waals surface area (Å²) in [7, 11) is 3.78. The van der Waals surface area contributed by atoms with Crippen LogP contribution < -0.4 is 0 Å². The van der Waals surface area contributed by atoms with Crippen LogP contribution >= 0.6 is 11.8 Å². The van der Waals surface area contributed by atoms with Crippen molar-refractivity contribution in [3.63, 3.8) is 0 Å². The van der Waals surface area contributed by atoms with Gasteiger partial charge in [0.1, 0.15) is 0 Å². The van der Waals surface area contributed by atoms with E-state index in [1.165, 1.54) is 37.4 Å². The van der Waals surface area contributed by atoms with Gasteiger partial charge in [-0.2, -0.15) is 0 Å². The molecule has 0 aliphatic rings. The summed E-state index contributed by atoms with van der Waals surface area (Å²) in [5.74, 6) is 0.886. The van der Waals surface area contributed by atoms with Gasteiger partial charge < -0.3 is 13.8 Å². The Balaban J connectivity index is 3.71. The van der Waals surface area contributed by atoms with E-state index in [1.807, 2.05) is 14.1 Å². The molecule has 0 aliphatic heterocycles. The monoisotopic (exact) mass is 363 g/mol. The van der Waals surface area contributed by atoms with Crippen molar-refractivity contribution in [2.24, 2.45) is 0 Å². The average molecular weight is 364 g/mol. The molecular weight excluding hydrogens is 326 g/mol. The lowest BCUT2D eigenvalue weighted by Gasteiger charge is -2.25. The number of hydrogen-bond donors (Lipinski definition) is 0. The van der Waals surface area contributed by atoms with E-state index in [1.54, 1.807) is 7.11 Å². The first kappa shape index (κ1) is 23.1. The molecule has 138 valence electrons. The molecule has 0 bridgehead atoms. The first-order chi connectivity index (χ1) is 10.9. The summed E-state index contributed by atoms with van der Waals surface area (Å²) in [5, 5.41) is 0.343. The van der Waals surface area contributed by atoms with Crippen LogP contribution in [0.4, 0.5) is 0 Å². The van der Waals surface area contributed by atoms with Gasteiger partial charge in [-0.3, -0.25) is 4.79 Å². The fraction of sp³-hybridized carbons (Fsp3) is 0.941. The summed E-state index contributed by atoms with van der Waals surface area (Å²) in [6.45, 7) is 5.95. The maximum Gasteiger partial charge on any atom is 0.334 e. The molecule has 0 aromatic rings. The highest BCUT2D eigenvalue weighted by atomic mass is 32.2. The van der Waals surface area contributed by atoms with Crippen LogP contribution in [0.25, 0.3) is 0 Å². The second-order valence-electron chi connectivity index (χ2n) is 6.48. The van der Waals surface area contributed by atoms with Gasteiger partial charge in [0.2, 0.25) is 0 Å². The molecule has 1 unspecified atom stereocenters. The van der Waals surface area contributed by atoms with Crippen LogP contribution in [-0.4, -0.2) is 58.7 Å². The molecule has 0 aromatic carbocycles. The molecule has 0 amide bonds. The Hall–Kier alpha value is 0.117. The van der Waals surface area contributed by atoms with Gasteiger partial charge >= 0.3 is 8.56 Å². The highest BCUT2D eigenvalue weighted by Crippen LogP contribution is 2.19. The minimum Gasteiger partial charge on any atom is -0.398 e. The van der Waals surface area contributed by atoms with Crippen LogP contribution in [0, 0.1) is 0 Å². The first-order valence-corrected chi connectivity index (χ1v) is 12.4. The Labute approximate surface area is 148 Å². The van der Waals surface area contributed by atoms with E-state index in [-0.39, 0.29) is 0 Å². The van der Waals surface area contributed by atoms with E-state index in [0.29, 0.717) is 11.7 Å². The summed E-state index contributed by atoms with van der Waals surface area (Å²) in [6, 6.07) is 0.952. The largest absolute Gasteiger partial charge is 0.398 e. The van der Waals surface area contributed by atoms with Gasteiger partial charge in [0.25, 0.3) is 0 Å². The maximum atomic E-state index is 11.8. The van der Waals surface area contributed by atoms with Crippen molar-refractivity contribution in [3.8, 4) is 0 Å². The smallest absolute Gasteiger partial charge is 0.334 e. The maximum absolute atomic E-state index is 11.8. The summed E-state index contributed by atoms with van der Waals surface area (Å²) >= 11 is 1.48. The Kier molecular flexibility index (Phi) is 14.5. The van der Waals surface area contributed by atoms with Crippen LogP contribution in [0.2, 0.25) is 12.6 Å². The molecule has 0 aromatic heterocycles. The number of hydrogen-bond acceptors (Lipinski definition) is 5. The Morgan fingerprint density at radius 2 is 1.83 bits per heavy atom. The van der Waals surface area contributed by atoms with Crippen molar-refractivity contribution in [3.05, 3.63) is 0 Å². The lowest BCUT2D eigenvalue weighted by atomic mass is 10.1. The quantitative estimate of drug-likeness (QED) is 0.320. The molecule has 6 heteroatoms. The van der Waals surface area contributed by atoms with E-state index < -0.39 is 8.56 Å². The fourth-order valence-electron chi connectivity index (χ4n) is 2.20. The molecule has 0 N–H and O–H groups in total. The SMILES string of the molecule is CCCCCCCC(=O)SCCC[Si](C)(OC)OCCN(C)C. The van der Waals surface area contributed by atoms with Gasteiger partial charge in [-0.25, -0.2) is 0 Å². The number of likely N-dealkylation sites (N-methyl/N-ethyl adjacent to an activating group) is 1. The molecule has 0 radical (unpaired) electrons. The van der Waals surface area contributed by atoms with Crippen molar-refractivity contribution < 1.29 is 13.6 Å². The third-order valence-electron chi connectivity index (χ3n) is 3.90. The minimum absolute atomic E-state index is 0.343. The van der Waals surface area contributed by atoms with Crippen LogP contribution in [-0.2, 0) is 13.6 Å². The first-order valence-electron chi connectivity index (χ1n) is 8.93. The molecule has 1 atom stereocenters. The zero-order valence-electron chi connectivity index (χ0n) is 15.9. The van der Waals surface area contributed by atoms with Gasteiger partial charge in [0.15, 0.2) is 5.12 Å². The second-order valence-corrected chi connectivity index (χ2v) is 11.1. The van der Waals surface area contributed by atoms with Crippen molar-refractivity contribution >= 4 is 25.4 Å². The highest BCUT2D eigenvalue weighted by molar-refractivity contribution is 8.13. The summed E-state index contributed by atoms with van der Waals surface area (Å²) in [5.41, 5.74) is 0. The van der Waals surface area contributed by atoms with Crippen molar-refractivity contribution in [1.29, 1.82) is 0 Å². The highest BCUT2D eigenvalue weighted by Gasteiger charge is 2.29. The van der Waals surface area contributed by atoms with E-state index in [4.69, 9.17) is 8.85 Å². The lowest BCUT2D eigenvalue weighted by molar-refractivity contribution is -0.111. The van der Waals surface area contributed by atoms with Gasteiger partial charge in [-0.15, -0.1) is 0 Å². The van der Waals surface area contributed by atoms with Crippen molar-refractivity contribution in [1.82, 2.24) is 4.90 Å². The predicted molar refractivity (Wildman–Crippen MR) is 103 cm³/mol. The molecule has 23 heavy (non-hydrogen) atoms. The third kappa shape index (κ3) is 14.2. The molecular formula is C17H37NO3SSi. The average Bonchev–Trinajstić information content (AvgIpc) is 2.51. The van der Waals surface area contributed by atoms with Crippen molar-refractivity contribution in [2.75, 3.05) is 40.1 Å². The van der Waals surface area contributed by atoms with Gasteiger partial charge in [-0.05, 0) is 39.5 Å².